The summed E-state index contributed by atoms with van der Waals surface area (Å²) in [6.07, 6.45) is 6.16. The maximum absolute atomic E-state index is 9.60. The molecule has 2 N–H and O–H groups in total. The second-order valence-corrected chi connectivity index (χ2v) is 5.82. The fraction of sp³-hybridized carbons (Fsp3) is 0.438. The number of hydrogen-bond acceptors (Lipinski definition) is 3. The van der Waals surface area contributed by atoms with Gasteiger partial charge in [-0.3, -0.25) is 0 Å². The molecule has 1 aromatic carbocycles. The van der Waals surface area contributed by atoms with Crippen LogP contribution in [-0.2, 0) is 6.54 Å². The molecule has 20 heavy (non-hydrogen) atoms. The summed E-state index contributed by atoms with van der Waals surface area (Å²) in [6.45, 7) is 3.07. The van der Waals surface area contributed by atoms with E-state index in [4.69, 9.17) is 0 Å². The average Bonchev–Trinajstić information content (AvgIpc) is 3.21. The fourth-order valence-electron chi connectivity index (χ4n) is 2.58. The van der Waals surface area contributed by atoms with Gasteiger partial charge in [0.15, 0.2) is 0 Å². The molecule has 106 valence electrons. The van der Waals surface area contributed by atoms with Gasteiger partial charge in [-0.05, 0) is 49.4 Å². The first-order valence-corrected chi connectivity index (χ1v) is 7.16. The third-order valence-corrected chi connectivity index (χ3v) is 4.18. The van der Waals surface area contributed by atoms with Crippen molar-refractivity contribution >= 4 is 0 Å². The first kappa shape index (κ1) is 13.3. The molecule has 4 nitrogen and oxygen atoms in total. The van der Waals surface area contributed by atoms with E-state index >= 15 is 0 Å². The molecule has 1 aromatic heterocycles. The van der Waals surface area contributed by atoms with E-state index in [0.717, 1.165) is 12.2 Å². The van der Waals surface area contributed by atoms with Gasteiger partial charge in [0.25, 0.3) is 0 Å². The summed E-state index contributed by atoms with van der Waals surface area (Å²) in [7, 11) is 0. The summed E-state index contributed by atoms with van der Waals surface area (Å²) >= 11 is 0. The zero-order valence-electron chi connectivity index (χ0n) is 11.8. The zero-order valence-corrected chi connectivity index (χ0v) is 11.8. The highest BCUT2D eigenvalue weighted by Gasteiger charge is 2.40. The summed E-state index contributed by atoms with van der Waals surface area (Å²) < 4.78 is 1.86. The van der Waals surface area contributed by atoms with Crippen LogP contribution in [0.3, 0.4) is 0 Å². The molecule has 0 saturated heterocycles. The Bertz CT molecular complexity index is 563. The van der Waals surface area contributed by atoms with Crippen molar-refractivity contribution in [3.05, 3.63) is 48.3 Å². The average molecular weight is 271 g/mol. The summed E-state index contributed by atoms with van der Waals surface area (Å²) in [5.74, 6) is 0.613. The Labute approximate surface area is 119 Å². The van der Waals surface area contributed by atoms with Crippen LogP contribution in [0.1, 0.15) is 25.3 Å². The van der Waals surface area contributed by atoms with Crippen LogP contribution in [-0.4, -0.2) is 27.0 Å². The van der Waals surface area contributed by atoms with Crippen LogP contribution >= 0.6 is 0 Å². The van der Waals surface area contributed by atoms with Gasteiger partial charge in [0.1, 0.15) is 0 Å². The summed E-state index contributed by atoms with van der Waals surface area (Å²) in [5.41, 5.74) is 2.12. The van der Waals surface area contributed by atoms with Crippen molar-refractivity contribution in [1.82, 2.24) is 15.1 Å². The third-order valence-electron chi connectivity index (χ3n) is 4.18. The van der Waals surface area contributed by atoms with E-state index in [1.807, 2.05) is 29.1 Å². The minimum atomic E-state index is -0.151. The lowest BCUT2D eigenvalue weighted by molar-refractivity contribution is 0.153. The normalized spacial score (nSPS) is 17.9. The van der Waals surface area contributed by atoms with Gasteiger partial charge in [-0.25, -0.2) is 4.68 Å². The number of nitrogens with one attached hydrogen (secondary N) is 1. The third kappa shape index (κ3) is 2.76. The molecule has 1 aliphatic rings. The second-order valence-electron chi connectivity index (χ2n) is 5.82. The maximum Gasteiger partial charge on any atom is 0.0648 e. The van der Waals surface area contributed by atoms with Crippen molar-refractivity contribution in [2.75, 3.05) is 6.61 Å². The highest BCUT2D eigenvalue weighted by Crippen LogP contribution is 2.39. The molecule has 0 amide bonds. The number of hydrogen-bond donors (Lipinski definition) is 2. The van der Waals surface area contributed by atoms with E-state index in [0.29, 0.717) is 5.92 Å². The van der Waals surface area contributed by atoms with E-state index in [-0.39, 0.29) is 12.1 Å². The molecule has 0 spiro atoms. The van der Waals surface area contributed by atoms with E-state index in [1.54, 1.807) is 6.20 Å². The van der Waals surface area contributed by atoms with Crippen molar-refractivity contribution in [1.29, 1.82) is 0 Å². The van der Waals surface area contributed by atoms with Crippen LogP contribution in [0.15, 0.2) is 42.7 Å². The highest BCUT2D eigenvalue weighted by atomic mass is 16.3. The molecule has 2 aromatic rings. The first-order valence-electron chi connectivity index (χ1n) is 7.16. The Morgan fingerprint density at radius 3 is 2.90 bits per heavy atom. The molecule has 1 saturated carbocycles. The van der Waals surface area contributed by atoms with Gasteiger partial charge in [0.2, 0.25) is 0 Å². The number of aliphatic hydroxyl groups is 1. The van der Waals surface area contributed by atoms with Crippen LogP contribution in [0.2, 0.25) is 0 Å². The first-order chi connectivity index (χ1) is 9.71. The molecule has 1 fully saturated rings. The van der Waals surface area contributed by atoms with Gasteiger partial charge in [-0.2, -0.15) is 5.10 Å². The molecule has 1 unspecified atom stereocenters. The number of rotatable bonds is 6. The lowest BCUT2D eigenvalue weighted by atomic mass is 9.96. The van der Waals surface area contributed by atoms with Crippen molar-refractivity contribution < 1.29 is 5.11 Å². The van der Waals surface area contributed by atoms with Crippen LogP contribution in [0.4, 0.5) is 0 Å². The largest absolute Gasteiger partial charge is 0.394 e. The highest BCUT2D eigenvalue weighted by molar-refractivity contribution is 5.35. The summed E-state index contributed by atoms with van der Waals surface area (Å²) in [6, 6.07) is 10.2. The van der Waals surface area contributed by atoms with Crippen molar-refractivity contribution in [2.24, 2.45) is 5.92 Å². The molecule has 0 bridgehead atoms. The van der Waals surface area contributed by atoms with Crippen LogP contribution in [0, 0.1) is 5.92 Å². The summed E-state index contributed by atoms with van der Waals surface area (Å²) in [4.78, 5) is 0. The maximum atomic E-state index is 9.60. The van der Waals surface area contributed by atoms with Crippen LogP contribution < -0.4 is 5.32 Å². The monoisotopic (exact) mass is 271 g/mol. The van der Waals surface area contributed by atoms with Gasteiger partial charge in [-0.15, -0.1) is 0 Å². The lowest BCUT2D eigenvalue weighted by Gasteiger charge is -2.29. The molecule has 4 heteroatoms. The Balaban J connectivity index is 1.70. The fourth-order valence-corrected chi connectivity index (χ4v) is 2.58. The van der Waals surface area contributed by atoms with Gasteiger partial charge in [0, 0.05) is 24.5 Å². The summed E-state index contributed by atoms with van der Waals surface area (Å²) in [5, 5.41) is 17.4. The second kappa shape index (κ2) is 5.38. The Kier molecular flexibility index (Phi) is 3.59. The molecule has 3 rings (SSSR count). The number of nitrogens with zero attached hydrogens (tertiary/aromatic N) is 2. The van der Waals surface area contributed by atoms with Gasteiger partial charge in [-0.1, -0.05) is 12.1 Å². The quantitative estimate of drug-likeness (QED) is 0.846. The Morgan fingerprint density at radius 1 is 1.40 bits per heavy atom. The minimum Gasteiger partial charge on any atom is -0.394 e. The molecule has 0 radical (unpaired) electrons. The van der Waals surface area contributed by atoms with E-state index in [9.17, 15) is 5.11 Å². The smallest absolute Gasteiger partial charge is 0.0648 e. The molecule has 1 atom stereocenters. The SMILES string of the molecule is CC(CO)(NCc1cccc(-n2cccn2)c1)C1CC1. The number of aliphatic hydroxyl groups excluding tert-OH is 1. The standard InChI is InChI=1S/C16H21N3O/c1-16(12-20,14-6-7-14)17-11-13-4-2-5-15(10-13)19-9-3-8-18-19/h2-5,8-10,14,17,20H,6-7,11-12H2,1H3. The number of aromatic nitrogens is 2. The predicted molar refractivity (Wildman–Crippen MR) is 78.6 cm³/mol. The molecular formula is C16H21N3O. The Hall–Kier alpha value is -1.65. The van der Waals surface area contributed by atoms with Crippen LogP contribution in [0.25, 0.3) is 5.69 Å². The van der Waals surface area contributed by atoms with Crippen LogP contribution in [0.5, 0.6) is 0 Å². The van der Waals surface area contributed by atoms with E-state index in [2.05, 4.69) is 29.5 Å². The van der Waals surface area contributed by atoms with E-state index < -0.39 is 0 Å². The molecule has 1 heterocycles. The van der Waals surface area contributed by atoms with Crippen molar-refractivity contribution in [3.63, 3.8) is 0 Å². The van der Waals surface area contributed by atoms with Gasteiger partial charge in [0.05, 0.1) is 12.3 Å². The zero-order chi connectivity index (χ0) is 14.0. The molecule has 1 aliphatic carbocycles. The molecule has 0 aliphatic heterocycles. The van der Waals surface area contributed by atoms with Crippen molar-refractivity contribution in [3.8, 4) is 5.69 Å². The Morgan fingerprint density at radius 2 is 2.25 bits per heavy atom. The molecular weight excluding hydrogens is 250 g/mol. The van der Waals surface area contributed by atoms with Gasteiger partial charge >= 0.3 is 0 Å². The predicted octanol–water partition coefficient (Wildman–Crippen LogP) is 2.12. The number of benzene rings is 1. The van der Waals surface area contributed by atoms with E-state index in [1.165, 1.54) is 18.4 Å². The van der Waals surface area contributed by atoms with Gasteiger partial charge < -0.3 is 10.4 Å². The lowest BCUT2D eigenvalue weighted by Crippen LogP contribution is -2.47. The topological polar surface area (TPSA) is 50.1 Å². The minimum absolute atomic E-state index is 0.151. The van der Waals surface area contributed by atoms with Crippen molar-refractivity contribution in [2.45, 2.75) is 31.8 Å².